The maximum atomic E-state index is 12.5. The SMILES string of the molecule is O=C(CN1CC[C@@]2(CCC1=O)NC(=O)c1cccnc1N2)Nc1nccs1. The Labute approximate surface area is 159 Å². The minimum Gasteiger partial charge on any atom is -0.347 e. The van der Waals surface area contributed by atoms with E-state index < -0.39 is 5.66 Å². The molecule has 1 saturated heterocycles. The molecule has 0 unspecified atom stereocenters. The van der Waals surface area contributed by atoms with Gasteiger partial charge in [0.1, 0.15) is 11.5 Å². The molecule has 4 rings (SSSR count). The van der Waals surface area contributed by atoms with Crippen LogP contribution >= 0.6 is 11.3 Å². The first kappa shape index (κ1) is 17.4. The first-order valence-corrected chi connectivity index (χ1v) is 9.45. The number of hydrogen-bond acceptors (Lipinski definition) is 7. The van der Waals surface area contributed by atoms with E-state index in [-0.39, 0.29) is 30.7 Å². The lowest BCUT2D eigenvalue weighted by Gasteiger charge is -2.39. The molecule has 2 aromatic heterocycles. The van der Waals surface area contributed by atoms with E-state index >= 15 is 0 Å². The zero-order valence-electron chi connectivity index (χ0n) is 14.4. The Morgan fingerprint density at radius 2 is 2.15 bits per heavy atom. The lowest BCUT2D eigenvalue weighted by molar-refractivity contribution is -0.134. The van der Waals surface area contributed by atoms with E-state index in [9.17, 15) is 14.4 Å². The van der Waals surface area contributed by atoms with Crippen molar-refractivity contribution in [3.05, 3.63) is 35.5 Å². The van der Waals surface area contributed by atoms with Gasteiger partial charge in [-0.05, 0) is 18.6 Å². The summed E-state index contributed by atoms with van der Waals surface area (Å²) in [7, 11) is 0. The van der Waals surface area contributed by atoms with Crippen molar-refractivity contribution >= 4 is 40.0 Å². The highest BCUT2D eigenvalue weighted by atomic mass is 32.1. The van der Waals surface area contributed by atoms with E-state index in [4.69, 9.17) is 0 Å². The van der Waals surface area contributed by atoms with Gasteiger partial charge >= 0.3 is 0 Å². The van der Waals surface area contributed by atoms with Gasteiger partial charge in [0, 0.05) is 37.2 Å². The molecule has 3 N–H and O–H groups in total. The van der Waals surface area contributed by atoms with Gasteiger partial charge in [-0.1, -0.05) is 0 Å². The lowest BCUT2D eigenvalue weighted by Crippen LogP contribution is -2.58. The van der Waals surface area contributed by atoms with Gasteiger partial charge in [0.05, 0.1) is 12.1 Å². The van der Waals surface area contributed by atoms with Gasteiger partial charge in [0.2, 0.25) is 11.8 Å². The van der Waals surface area contributed by atoms with Crippen LogP contribution in [0.2, 0.25) is 0 Å². The fraction of sp³-hybridized carbons (Fsp3) is 0.353. The Morgan fingerprint density at radius 3 is 2.96 bits per heavy atom. The number of pyridine rings is 1. The largest absolute Gasteiger partial charge is 0.347 e. The van der Waals surface area contributed by atoms with E-state index in [1.807, 2.05) is 0 Å². The Hall–Kier alpha value is -3.01. The number of amides is 3. The van der Waals surface area contributed by atoms with Crippen LogP contribution in [0.5, 0.6) is 0 Å². The molecule has 4 heterocycles. The number of likely N-dealkylation sites (tertiary alicyclic amines) is 1. The molecular formula is C17H18N6O3S. The van der Waals surface area contributed by atoms with Gasteiger partial charge in [0.15, 0.2) is 5.13 Å². The predicted octanol–water partition coefficient (Wildman–Crippen LogP) is 1.04. The van der Waals surface area contributed by atoms with Crippen molar-refractivity contribution in [1.82, 2.24) is 20.2 Å². The van der Waals surface area contributed by atoms with Crippen LogP contribution in [0.4, 0.5) is 10.9 Å². The summed E-state index contributed by atoms with van der Waals surface area (Å²) in [5, 5.41) is 11.2. The Balaban J connectivity index is 1.44. The lowest BCUT2D eigenvalue weighted by atomic mass is 9.97. The molecule has 1 spiro atoms. The number of nitrogens with one attached hydrogen (secondary N) is 3. The minimum absolute atomic E-state index is 0.0444. The highest BCUT2D eigenvalue weighted by Crippen LogP contribution is 2.30. The molecular weight excluding hydrogens is 368 g/mol. The normalized spacial score (nSPS) is 21.9. The number of hydrogen-bond donors (Lipinski definition) is 3. The highest BCUT2D eigenvalue weighted by Gasteiger charge is 2.41. The van der Waals surface area contributed by atoms with Crippen molar-refractivity contribution < 1.29 is 14.4 Å². The summed E-state index contributed by atoms with van der Waals surface area (Å²) in [5.41, 5.74) is -0.257. The standard InChI is InChI=1S/C17H18N6O3S/c24-12(20-16-19-7-9-27-16)10-23-8-5-17(4-3-13(23)25)21-14-11(15(26)22-17)2-1-6-18-14/h1-2,6-7,9H,3-5,8,10H2,(H,18,21)(H,22,26)(H,19,20,24)/t17-/m1/s1. The maximum Gasteiger partial charge on any atom is 0.256 e. The molecule has 2 aliphatic rings. The third kappa shape index (κ3) is 3.61. The zero-order chi connectivity index (χ0) is 18.9. The van der Waals surface area contributed by atoms with Crippen molar-refractivity contribution in [3.8, 4) is 0 Å². The van der Waals surface area contributed by atoms with Gasteiger partial charge in [0.25, 0.3) is 5.91 Å². The van der Waals surface area contributed by atoms with E-state index in [0.717, 1.165) is 0 Å². The van der Waals surface area contributed by atoms with Crippen LogP contribution in [-0.4, -0.2) is 51.3 Å². The van der Waals surface area contributed by atoms with E-state index in [0.29, 0.717) is 35.9 Å². The average molecular weight is 386 g/mol. The van der Waals surface area contributed by atoms with Crippen LogP contribution in [0.15, 0.2) is 29.9 Å². The molecule has 0 aliphatic carbocycles. The summed E-state index contributed by atoms with van der Waals surface area (Å²) < 4.78 is 0. The van der Waals surface area contributed by atoms with Gasteiger partial charge in [-0.25, -0.2) is 9.97 Å². The second-order valence-electron chi connectivity index (χ2n) is 6.51. The number of thiazole rings is 1. The minimum atomic E-state index is -0.741. The number of fused-ring (bicyclic) bond motifs is 1. The molecule has 0 saturated carbocycles. The summed E-state index contributed by atoms with van der Waals surface area (Å²) in [6.07, 6.45) is 4.35. The zero-order valence-corrected chi connectivity index (χ0v) is 15.2. The Kier molecular flexibility index (Phi) is 4.48. The Morgan fingerprint density at radius 1 is 1.26 bits per heavy atom. The number of rotatable bonds is 3. The fourth-order valence-corrected chi connectivity index (χ4v) is 3.86. The summed E-state index contributed by atoms with van der Waals surface area (Å²) in [6.45, 7) is 0.302. The monoisotopic (exact) mass is 386 g/mol. The van der Waals surface area contributed by atoms with Crippen LogP contribution in [0, 0.1) is 0 Å². The van der Waals surface area contributed by atoms with Crippen LogP contribution < -0.4 is 16.0 Å². The molecule has 1 atom stereocenters. The molecule has 1 fully saturated rings. The highest BCUT2D eigenvalue weighted by molar-refractivity contribution is 7.13. The molecule has 9 nitrogen and oxygen atoms in total. The van der Waals surface area contributed by atoms with Crippen molar-refractivity contribution in [2.45, 2.75) is 24.9 Å². The summed E-state index contributed by atoms with van der Waals surface area (Å²) in [5.74, 6) is -0.103. The second kappa shape index (κ2) is 6.95. The molecule has 140 valence electrons. The molecule has 0 aromatic carbocycles. The van der Waals surface area contributed by atoms with Crippen LogP contribution in [-0.2, 0) is 9.59 Å². The number of aromatic nitrogens is 2. The maximum absolute atomic E-state index is 12.5. The van der Waals surface area contributed by atoms with E-state index in [2.05, 4.69) is 25.9 Å². The van der Waals surface area contributed by atoms with Gasteiger partial charge in [-0.2, -0.15) is 0 Å². The average Bonchev–Trinajstić information content (AvgIpc) is 3.11. The Bertz CT molecular complexity index is 887. The van der Waals surface area contributed by atoms with Crippen molar-refractivity contribution in [3.63, 3.8) is 0 Å². The molecule has 0 radical (unpaired) electrons. The van der Waals surface area contributed by atoms with Gasteiger partial charge < -0.3 is 20.9 Å². The first-order chi connectivity index (χ1) is 13.0. The molecule has 2 aliphatic heterocycles. The van der Waals surface area contributed by atoms with Crippen LogP contribution in [0.25, 0.3) is 0 Å². The van der Waals surface area contributed by atoms with E-state index in [1.54, 1.807) is 29.9 Å². The smallest absolute Gasteiger partial charge is 0.256 e. The summed E-state index contributed by atoms with van der Waals surface area (Å²) >= 11 is 1.32. The topological polar surface area (TPSA) is 116 Å². The molecule has 2 aromatic rings. The number of nitrogens with zero attached hydrogens (tertiary/aromatic N) is 3. The molecule has 0 bridgehead atoms. The van der Waals surface area contributed by atoms with Crippen molar-refractivity contribution in [2.75, 3.05) is 23.7 Å². The third-order valence-electron chi connectivity index (χ3n) is 4.70. The molecule has 27 heavy (non-hydrogen) atoms. The van der Waals surface area contributed by atoms with Crippen molar-refractivity contribution in [2.24, 2.45) is 0 Å². The summed E-state index contributed by atoms with van der Waals surface area (Å²) in [6, 6.07) is 3.41. The molecule has 3 amide bonds. The number of carbonyl (C=O) groups is 3. The van der Waals surface area contributed by atoms with Gasteiger partial charge in [-0.15, -0.1) is 11.3 Å². The second-order valence-corrected chi connectivity index (χ2v) is 7.41. The quantitative estimate of drug-likeness (QED) is 0.726. The summed E-state index contributed by atoms with van der Waals surface area (Å²) in [4.78, 5) is 46.9. The molecule has 10 heteroatoms. The number of carbonyl (C=O) groups excluding carboxylic acids is 3. The number of anilines is 2. The third-order valence-corrected chi connectivity index (χ3v) is 5.39. The van der Waals surface area contributed by atoms with Gasteiger partial charge in [-0.3, -0.25) is 14.4 Å². The first-order valence-electron chi connectivity index (χ1n) is 8.57. The fourth-order valence-electron chi connectivity index (χ4n) is 3.32. The van der Waals surface area contributed by atoms with Crippen LogP contribution in [0.1, 0.15) is 29.6 Å². The van der Waals surface area contributed by atoms with Crippen molar-refractivity contribution in [1.29, 1.82) is 0 Å². The van der Waals surface area contributed by atoms with E-state index in [1.165, 1.54) is 16.2 Å². The van der Waals surface area contributed by atoms with Crippen LogP contribution in [0.3, 0.4) is 0 Å². The predicted molar refractivity (Wildman–Crippen MR) is 99.2 cm³/mol.